The lowest BCUT2D eigenvalue weighted by Crippen LogP contribution is -2.33. The summed E-state index contributed by atoms with van der Waals surface area (Å²) in [7, 11) is 0. The zero-order chi connectivity index (χ0) is 21.8. The lowest BCUT2D eigenvalue weighted by molar-refractivity contribution is -0.0316. The zero-order valence-electron chi connectivity index (χ0n) is 21.6. The minimum Gasteiger partial charge on any atom is -0.380 e. The minimum atomic E-state index is 0.439. The minimum absolute atomic E-state index is 0.439. The summed E-state index contributed by atoms with van der Waals surface area (Å²) in [6, 6.07) is 0. The fourth-order valence-corrected chi connectivity index (χ4v) is 4.98. The van der Waals surface area contributed by atoms with Crippen LogP contribution in [0.3, 0.4) is 0 Å². The topological polar surface area (TPSA) is 9.23 Å². The maximum absolute atomic E-state index is 6.75. The highest BCUT2D eigenvalue weighted by molar-refractivity contribution is 4.83. The van der Waals surface area contributed by atoms with Gasteiger partial charge < -0.3 is 4.74 Å². The van der Waals surface area contributed by atoms with E-state index >= 15 is 0 Å². The molecule has 0 aliphatic rings. The summed E-state index contributed by atoms with van der Waals surface area (Å²) in [6.45, 7) is 16.1. The Morgan fingerprint density at radius 3 is 0.759 bits per heavy atom. The molecule has 0 atom stereocenters. The number of hydrogen-bond donors (Lipinski definition) is 0. The highest BCUT2D eigenvalue weighted by Gasteiger charge is 2.32. The second kappa shape index (κ2) is 18.7. The maximum Gasteiger partial charge on any atom is 0.0522 e. The fourth-order valence-electron chi connectivity index (χ4n) is 4.98. The first-order valence-electron chi connectivity index (χ1n) is 13.6. The zero-order valence-corrected chi connectivity index (χ0v) is 21.6. The molecule has 0 rings (SSSR count). The SMILES string of the molecule is CCCCC(CCCC)(CCCC)COCC(CCCC)(CCCC)CCCC. The van der Waals surface area contributed by atoms with E-state index in [1.807, 2.05) is 0 Å². The summed E-state index contributed by atoms with van der Waals surface area (Å²) in [5, 5.41) is 0. The number of ether oxygens (including phenoxy) is 1. The summed E-state index contributed by atoms with van der Waals surface area (Å²) in [5.74, 6) is 0. The highest BCUT2D eigenvalue weighted by atomic mass is 16.5. The van der Waals surface area contributed by atoms with Gasteiger partial charge in [0.15, 0.2) is 0 Å². The van der Waals surface area contributed by atoms with Gasteiger partial charge in [-0.15, -0.1) is 0 Å². The Labute approximate surface area is 186 Å². The average molecular weight is 411 g/mol. The van der Waals surface area contributed by atoms with Gasteiger partial charge in [-0.05, 0) is 49.4 Å². The monoisotopic (exact) mass is 410 g/mol. The van der Waals surface area contributed by atoms with E-state index in [1.54, 1.807) is 0 Å². The predicted octanol–water partition coefficient (Wildman–Crippen LogP) is 10.1. The van der Waals surface area contributed by atoms with E-state index in [0.29, 0.717) is 10.8 Å². The second-order valence-corrected chi connectivity index (χ2v) is 10.1. The molecule has 0 aromatic carbocycles. The van der Waals surface area contributed by atoms with Crippen LogP contribution in [0.5, 0.6) is 0 Å². The molecule has 1 nitrogen and oxygen atoms in total. The van der Waals surface area contributed by atoms with Gasteiger partial charge in [-0.2, -0.15) is 0 Å². The molecule has 0 amide bonds. The third kappa shape index (κ3) is 13.1. The molecule has 0 saturated carbocycles. The van der Waals surface area contributed by atoms with Crippen molar-refractivity contribution in [3.8, 4) is 0 Å². The molecule has 0 radical (unpaired) electrons. The van der Waals surface area contributed by atoms with Crippen LogP contribution in [0.1, 0.15) is 157 Å². The molecular formula is C28H58O. The molecule has 0 N–H and O–H groups in total. The molecule has 0 aliphatic carbocycles. The average Bonchev–Trinajstić information content (AvgIpc) is 2.75. The number of hydrogen-bond acceptors (Lipinski definition) is 1. The maximum atomic E-state index is 6.75. The molecule has 1 heteroatoms. The molecule has 0 heterocycles. The van der Waals surface area contributed by atoms with Gasteiger partial charge in [-0.1, -0.05) is 119 Å². The summed E-state index contributed by atoms with van der Waals surface area (Å²) in [6.07, 6.45) is 24.3. The quantitative estimate of drug-likeness (QED) is 0.172. The third-order valence-electron chi connectivity index (χ3n) is 7.18. The van der Waals surface area contributed by atoms with Crippen molar-refractivity contribution >= 4 is 0 Å². The molecule has 29 heavy (non-hydrogen) atoms. The van der Waals surface area contributed by atoms with E-state index in [4.69, 9.17) is 4.74 Å². The normalized spacial score (nSPS) is 12.6. The molecular weight excluding hydrogens is 352 g/mol. The van der Waals surface area contributed by atoms with E-state index < -0.39 is 0 Å². The summed E-state index contributed by atoms with van der Waals surface area (Å²) in [5.41, 5.74) is 0.877. The van der Waals surface area contributed by atoms with Crippen LogP contribution in [0, 0.1) is 10.8 Å². The molecule has 176 valence electrons. The Morgan fingerprint density at radius 2 is 0.586 bits per heavy atom. The van der Waals surface area contributed by atoms with Crippen LogP contribution in [0.15, 0.2) is 0 Å². The lowest BCUT2D eigenvalue weighted by atomic mass is 9.74. The largest absolute Gasteiger partial charge is 0.380 e. The van der Waals surface area contributed by atoms with Gasteiger partial charge in [0.05, 0.1) is 13.2 Å². The van der Waals surface area contributed by atoms with Crippen molar-refractivity contribution < 1.29 is 4.74 Å². The van der Waals surface area contributed by atoms with E-state index in [0.717, 1.165) is 13.2 Å². The Morgan fingerprint density at radius 1 is 0.379 bits per heavy atom. The van der Waals surface area contributed by atoms with Crippen LogP contribution in [-0.2, 0) is 4.74 Å². The third-order valence-corrected chi connectivity index (χ3v) is 7.18. The van der Waals surface area contributed by atoms with Crippen molar-refractivity contribution in [3.05, 3.63) is 0 Å². The van der Waals surface area contributed by atoms with Gasteiger partial charge in [-0.25, -0.2) is 0 Å². The molecule has 0 bridgehead atoms. The Hall–Kier alpha value is -0.0400. The van der Waals surface area contributed by atoms with Crippen LogP contribution >= 0.6 is 0 Å². The number of rotatable bonds is 22. The molecule has 0 fully saturated rings. The van der Waals surface area contributed by atoms with Crippen molar-refractivity contribution in [2.24, 2.45) is 10.8 Å². The van der Waals surface area contributed by atoms with Gasteiger partial charge in [0, 0.05) is 0 Å². The van der Waals surface area contributed by atoms with Crippen LogP contribution in [0.25, 0.3) is 0 Å². The van der Waals surface area contributed by atoms with Crippen LogP contribution in [-0.4, -0.2) is 13.2 Å². The fraction of sp³-hybridized carbons (Fsp3) is 1.00. The Kier molecular flexibility index (Phi) is 18.7. The van der Waals surface area contributed by atoms with E-state index in [-0.39, 0.29) is 0 Å². The van der Waals surface area contributed by atoms with Crippen molar-refractivity contribution in [1.82, 2.24) is 0 Å². The summed E-state index contributed by atoms with van der Waals surface area (Å²) in [4.78, 5) is 0. The van der Waals surface area contributed by atoms with Crippen molar-refractivity contribution in [1.29, 1.82) is 0 Å². The highest BCUT2D eigenvalue weighted by Crippen LogP contribution is 2.40. The van der Waals surface area contributed by atoms with E-state index in [2.05, 4.69) is 41.5 Å². The van der Waals surface area contributed by atoms with Crippen molar-refractivity contribution in [3.63, 3.8) is 0 Å². The van der Waals surface area contributed by atoms with E-state index in [1.165, 1.54) is 116 Å². The standard InChI is InChI=1S/C28H58O/c1-7-13-19-27(20-14-8-2,21-15-9-3)25-29-26-28(22-16-10-4,23-17-11-5)24-18-12-6/h7-26H2,1-6H3. The lowest BCUT2D eigenvalue weighted by Gasteiger charge is -2.38. The second-order valence-electron chi connectivity index (χ2n) is 10.1. The first-order chi connectivity index (χ1) is 14.1. The van der Waals surface area contributed by atoms with Gasteiger partial charge in [0.1, 0.15) is 0 Å². The van der Waals surface area contributed by atoms with Gasteiger partial charge in [0.2, 0.25) is 0 Å². The Bertz CT molecular complexity index is 260. The van der Waals surface area contributed by atoms with Crippen LogP contribution in [0.2, 0.25) is 0 Å². The Balaban J connectivity index is 5.21. The summed E-state index contributed by atoms with van der Waals surface area (Å²) < 4.78 is 6.75. The molecule has 0 aliphatic heterocycles. The molecule has 0 aromatic heterocycles. The van der Waals surface area contributed by atoms with Gasteiger partial charge in [0.25, 0.3) is 0 Å². The van der Waals surface area contributed by atoms with Gasteiger partial charge in [-0.3, -0.25) is 0 Å². The predicted molar refractivity (Wildman–Crippen MR) is 133 cm³/mol. The molecule has 0 aromatic rings. The van der Waals surface area contributed by atoms with Crippen LogP contribution < -0.4 is 0 Å². The molecule has 0 unspecified atom stereocenters. The van der Waals surface area contributed by atoms with Crippen LogP contribution in [0.4, 0.5) is 0 Å². The first kappa shape index (κ1) is 29.0. The molecule has 0 saturated heterocycles. The summed E-state index contributed by atoms with van der Waals surface area (Å²) >= 11 is 0. The van der Waals surface area contributed by atoms with Crippen molar-refractivity contribution in [2.75, 3.05) is 13.2 Å². The van der Waals surface area contributed by atoms with E-state index in [9.17, 15) is 0 Å². The smallest absolute Gasteiger partial charge is 0.0522 e. The molecule has 0 spiro atoms. The van der Waals surface area contributed by atoms with Gasteiger partial charge >= 0.3 is 0 Å². The first-order valence-corrected chi connectivity index (χ1v) is 13.6. The number of unbranched alkanes of at least 4 members (excludes halogenated alkanes) is 6. The van der Waals surface area contributed by atoms with Crippen molar-refractivity contribution in [2.45, 2.75) is 157 Å².